The van der Waals surface area contributed by atoms with Crippen molar-refractivity contribution in [3.05, 3.63) is 36.4 Å². The van der Waals surface area contributed by atoms with E-state index in [1.807, 2.05) is 12.1 Å². The molecule has 0 radical (unpaired) electrons. The minimum atomic E-state index is 0.306. The second-order valence-corrected chi connectivity index (χ2v) is 2.91. The van der Waals surface area contributed by atoms with Gasteiger partial charge in [-0.15, -0.1) is 0 Å². The number of hydrogen-bond acceptors (Lipinski definition) is 4. The number of carbonyl (C=O) groups excluding carboxylic acids is 1. The minimum absolute atomic E-state index is 0.306. The Bertz CT molecular complexity index is 459. The predicted molar refractivity (Wildman–Crippen MR) is 53.9 cm³/mol. The van der Waals surface area contributed by atoms with Crippen LogP contribution in [0.1, 0.15) is 10.5 Å². The van der Waals surface area contributed by atoms with Gasteiger partial charge < -0.3 is 9.15 Å². The molecule has 4 nitrogen and oxygen atoms in total. The van der Waals surface area contributed by atoms with Crippen LogP contribution in [0.5, 0.6) is 5.75 Å². The van der Waals surface area contributed by atoms with Gasteiger partial charge in [-0.1, -0.05) is 0 Å². The van der Waals surface area contributed by atoms with Crippen LogP contribution >= 0.6 is 0 Å². The topological polar surface area (TPSA) is 52.3 Å². The summed E-state index contributed by atoms with van der Waals surface area (Å²) in [6, 6.07) is 7.22. The van der Waals surface area contributed by atoms with Crippen LogP contribution < -0.4 is 4.74 Å². The van der Waals surface area contributed by atoms with Gasteiger partial charge in [-0.2, -0.15) is 0 Å². The molecule has 0 aliphatic heterocycles. The highest BCUT2D eigenvalue weighted by molar-refractivity contribution is 5.82. The van der Waals surface area contributed by atoms with Crippen LogP contribution in [0.4, 0.5) is 0 Å². The molecule has 0 atom stereocenters. The molecule has 0 unspecified atom stereocenters. The van der Waals surface area contributed by atoms with Crippen molar-refractivity contribution in [2.45, 2.75) is 0 Å². The summed E-state index contributed by atoms with van der Waals surface area (Å²) in [5.74, 6) is 1.23. The third kappa shape index (κ3) is 1.74. The fraction of sp³-hybridized carbons (Fsp3) is 0.0909. The molecule has 0 aliphatic rings. The SMILES string of the molecule is COc1ccc(-c2ocnc2C=O)cc1. The molecule has 2 rings (SSSR count). The summed E-state index contributed by atoms with van der Waals surface area (Å²) in [5.41, 5.74) is 1.11. The van der Waals surface area contributed by atoms with Crippen molar-refractivity contribution in [1.82, 2.24) is 4.98 Å². The lowest BCUT2D eigenvalue weighted by molar-refractivity contribution is 0.112. The smallest absolute Gasteiger partial charge is 0.182 e. The molecule has 0 spiro atoms. The molecule has 0 amide bonds. The van der Waals surface area contributed by atoms with E-state index in [9.17, 15) is 4.79 Å². The zero-order valence-electron chi connectivity index (χ0n) is 8.14. The summed E-state index contributed by atoms with van der Waals surface area (Å²) in [4.78, 5) is 14.4. The summed E-state index contributed by atoms with van der Waals surface area (Å²) >= 11 is 0. The molecule has 0 saturated heterocycles. The van der Waals surface area contributed by atoms with E-state index in [1.54, 1.807) is 19.2 Å². The maximum absolute atomic E-state index is 10.6. The number of benzene rings is 1. The highest BCUT2D eigenvalue weighted by Gasteiger charge is 2.09. The first-order valence-electron chi connectivity index (χ1n) is 4.38. The van der Waals surface area contributed by atoms with E-state index in [1.165, 1.54) is 6.39 Å². The van der Waals surface area contributed by atoms with Crippen LogP contribution in [-0.2, 0) is 0 Å². The van der Waals surface area contributed by atoms with Gasteiger partial charge in [-0.3, -0.25) is 4.79 Å². The Kier molecular flexibility index (Phi) is 2.49. The predicted octanol–water partition coefficient (Wildman–Crippen LogP) is 2.16. The third-order valence-electron chi connectivity index (χ3n) is 2.06. The van der Waals surface area contributed by atoms with Gasteiger partial charge in [0.25, 0.3) is 0 Å². The lowest BCUT2D eigenvalue weighted by Gasteiger charge is -2.00. The Balaban J connectivity index is 2.41. The second kappa shape index (κ2) is 3.96. The molecule has 1 aromatic carbocycles. The highest BCUT2D eigenvalue weighted by Crippen LogP contribution is 2.24. The van der Waals surface area contributed by atoms with Gasteiger partial charge in [0.1, 0.15) is 11.4 Å². The number of oxazole rings is 1. The zero-order chi connectivity index (χ0) is 10.7. The number of hydrogen-bond donors (Lipinski definition) is 0. The van der Waals surface area contributed by atoms with Crippen molar-refractivity contribution in [2.75, 3.05) is 7.11 Å². The molecule has 4 heteroatoms. The summed E-state index contributed by atoms with van der Waals surface area (Å²) in [7, 11) is 1.60. The van der Waals surface area contributed by atoms with Crippen molar-refractivity contribution in [2.24, 2.45) is 0 Å². The fourth-order valence-corrected chi connectivity index (χ4v) is 1.30. The first kappa shape index (κ1) is 9.45. The normalized spacial score (nSPS) is 9.93. The van der Waals surface area contributed by atoms with Crippen LogP contribution in [0.15, 0.2) is 35.1 Å². The third-order valence-corrected chi connectivity index (χ3v) is 2.06. The minimum Gasteiger partial charge on any atom is -0.497 e. The highest BCUT2D eigenvalue weighted by atomic mass is 16.5. The van der Waals surface area contributed by atoms with Crippen molar-refractivity contribution >= 4 is 6.29 Å². The van der Waals surface area contributed by atoms with Gasteiger partial charge in [0.15, 0.2) is 18.4 Å². The van der Waals surface area contributed by atoms with E-state index < -0.39 is 0 Å². The van der Waals surface area contributed by atoms with E-state index in [-0.39, 0.29) is 0 Å². The van der Waals surface area contributed by atoms with E-state index in [2.05, 4.69) is 4.98 Å². The van der Waals surface area contributed by atoms with Crippen LogP contribution in [0.2, 0.25) is 0 Å². The lowest BCUT2D eigenvalue weighted by atomic mass is 10.1. The van der Waals surface area contributed by atoms with Crippen molar-refractivity contribution in [1.29, 1.82) is 0 Å². The maximum atomic E-state index is 10.6. The van der Waals surface area contributed by atoms with Gasteiger partial charge in [-0.25, -0.2) is 4.98 Å². The van der Waals surface area contributed by atoms with Crippen LogP contribution in [0.3, 0.4) is 0 Å². The number of rotatable bonds is 3. The molecule has 76 valence electrons. The molecule has 0 bridgehead atoms. The average Bonchev–Trinajstić information content (AvgIpc) is 2.77. The average molecular weight is 203 g/mol. The summed E-state index contributed by atoms with van der Waals surface area (Å²) in [5, 5.41) is 0. The first-order chi connectivity index (χ1) is 7.35. The number of aldehydes is 1. The van der Waals surface area contributed by atoms with Crippen LogP contribution in [0, 0.1) is 0 Å². The molecule has 2 aromatic rings. The van der Waals surface area contributed by atoms with E-state index in [4.69, 9.17) is 9.15 Å². The first-order valence-corrected chi connectivity index (χ1v) is 4.38. The number of methoxy groups -OCH3 is 1. The summed E-state index contributed by atoms with van der Waals surface area (Å²) in [6.45, 7) is 0. The van der Waals surface area contributed by atoms with Crippen LogP contribution in [-0.4, -0.2) is 18.4 Å². The Morgan fingerprint density at radius 1 is 1.33 bits per heavy atom. The molecule has 0 saturated carbocycles. The van der Waals surface area contributed by atoms with Crippen molar-refractivity contribution in [3.8, 4) is 17.1 Å². The van der Waals surface area contributed by atoms with E-state index in [0.717, 1.165) is 11.3 Å². The number of nitrogens with zero attached hydrogens (tertiary/aromatic N) is 1. The Morgan fingerprint density at radius 2 is 2.07 bits per heavy atom. The molecular weight excluding hydrogens is 194 g/mol. The largest absolute Gasteiger partial charge is 0.497 e. The number of aromatic nitrogens is 1. The van der Waals surface area contributed by atoms with Crippen molar-refractivity contribution < 1.29 is 13.9 Å². The zero-order valence-corrected chi connectivity index (χ0v) is 8.14. The lowest BCUT2D eigenvalue weighted by Crippen LogP contribution is -1.85. The quantitative estimate of drug-likeness (QED) is 0.717. The number of ether oxygens (including phenoxy) is 1. The summed E-state index contributed by atoms with van der Waals surface area (Å²) < 4.78 is 10.2. The Hall–Kier alpha value is -2.10. The molecule has 15 heavy (non-hydrogen) atoms. The molecule has 0 aliphatic carbocycles. The fourth-order valence-electron chi connectivity index (χ4n) is 1.30. The Morgan fingerprint density at radius 3 is 2.67 bits per heavy atom. The van der Waals surface area contributed by atoms with Gasteiger partial charge in [-0.05, 0) is 24.3 Å². The Labute approximate surface area is 86.5 Å². The maximum Gasteiger partial charge on any atom is 0.182 e. The van der Waals surface area contributed by atoms with Crippen molar-refractivity contribution in [3.63, 3.8) is 0 Å². The van der Waals surface area contributed by atoms with E-state index >= 15 is 0 Å². The number of carbonyl (C=O) groups is 1. The van der Waals surface area contributed by atoms with Gasteiger partial charge in [0.2, 0.25) is 0 Å². The molecular formula is C11H9NO3. The second-order valence-electron chi connectivity index (χ2n) is 2.91. The standard InChI is InChI=1S/C11H9NO3/c1-14-9-4-2-8(3-5-9)11-10(6-13)12-7-15-11/h2-7H,1H3. The van der Waals surface area contributed by atoms with Gasteiger partial charge in [0.05, 0.1) is 7.11 Å². The van der Waals surface area contributed by atoms with Gasteiger partial charge in [0, 0.05) is 5.56 Å². The molecule has 0 N–H and O–H groups in total. The summed E-state index contributed by atoms with van der Waals surface area (Å²) in [6.07, 6.45) is 1.92. The molecule has 0 fully saturated rings. The monoisotopic (exact) mass is 203 g/mol. The van der Waals surface area contributed by atoms with Gasteiger partial charge >= 0.3 is 0 Å². The molecule has 1 aromatic heterocycles. The van der Waals surface area contributed by atoms with Crippen LogP contribution in [0.25, 0.3) is 11.3 Å². The van der Waals surface area contributed by atoms with E-state index in [0.29, 0.717) is 17.7 Å². The molecule has 1 heterocycles.